The Balaban J connectivity index is 2.30. The van der Waals surface area contributed by atoms with Crippen LogP contribution in [0.15, 0.2) is 34.9 Å². The van der Waals surface area contributed by atoms with Gasteiger partial charge in [0.2, 0.25) is 0 Å². The average molecular weight is 422 g/mol. The van der Waals surface area contributed by atoms with E-state index < -0.39 is 42.6 Å². The van der Waals surface area contributed by atoms with Crippen molar-refractivity contribution in [1.29, 1.82) is 0 Å². The van der Waals surface area contributed by atoms with Crippen molar-refractivity contribution in [3.63, 3.8) is 0 Å². The summed E-state index contributed by atoms with van der Waals surface area (Å²) < 4.78 is 16.0. The summed E-state index contributed by atoms with van der Waals surface area (Å²) in [6.07, 6.45) is 5.58. The summed E-state index contributed by atoms with van der Waals surface area (Å²) in [5, 5.41) is 19.2. The minimum atomic E-state index is -0.740. The standard InChI is InChI=1S/C22H30O8/c1-13-5-4-6-16(11-23)10-19-20(14(2)21(26)29-19)18(9-13)30-22(27)17(12-24)7-8-28-15(3)25/h5,7,10,14,18-20,23-24H,4,6,8-9,11-12H2,1-3H3/b13-5+,16-10-,17-7-/t14-,18+,19-,20-/m1/s1. The van der Waals surface area contributed by atoms with Crippen molar-refractivity contribution in [3.8, 4) is 0 Å². The van der Waals surface area contributed by atoms with Crippen LogP contribution < -0.4 is 0 Å². The van der Waals surface area contributed by atoms with Gasteiger partial charge >= 0.3 is 17.9 Å². The molecule has 8 nitrogen and oxygen atoms in total. The molecule has 0 spiro atoms. The monoisotopic (exact) mass is 422 g/mol. The molecule has 1 aliphatic carbocycles. The van der Waals surface area contributed by atoms with Gasteiger partial charge in [0.05, 0.1) is 30.6 Å². The third-order valence-electron chi connectivity index (χ3n) is 5.40. The molecule has 2 N–H and O–H groups in total. The molecule has 0 unspecified atom stereocenters. The molecular formula is C22H30O8. The van der Waals surface area contributed by atoms with Gasteiger partial charge in [0.1, 0.15) is 18.8 Å². The van der Waals surface area contributed by atoms with Crippen LogP contribution in [0.25, 0.3) is 0 Å². The maximum atomic E-state index is 12.7. The van der Waals surface area contributed by atoms with E-state index in [1.165, 1.54) is 13.0 Å². The van der Waals surface area contributed by atoms with E-state index >= 15 is 0 Å². The molecule has 2 aliphatic rings. The molecule has 30 heavy (non-hydrogen) atoms. The fraction of sp³-hybridized carbons (Fsp3) is 0.591. The smallest absolute Gasteiger partial charge is 0.336 e. The van der Waals surface area contributed by atoms with E-state index in [4.69, 9.17) is 14.2 Å². The van der Waals surface area contributed by atoms with Crippen LogP contribution in [0, 0.1) is 11.8 Å². The number of aliphatic hydroxyl groups excluding tert-OH is 2. The van der Waals surface area contributed by atoms with E-state index in [0.29, 0.717) is 19.3 Å². The van der Waals surface area contributed by atoms with Crippen LogP contribution in [-0.4, -0.2) is 60.1 Å². The van der Waals surface area contributed by atoms with Gasteiger partial charge in [-0.25, -0.2) is 4.79 Å². The Morgan fingerprint density at radius 2 is 2.07 bits per heavy atom. The van der Waals surface area contributed by atoms with Gasteiger partial charge in [-0.05, 0) is 37.5 Å². The van der Waals surface area contributed by atoms with E-state index in [1.807, 2.05) is 13.0 Å². The summed E-state index contributed by atoms with van der Waals surface area (Å²) in [6, 6.07) is 0. The maximum Gasteiger partial charge on any atom is 0.336 e. The van der Waals surface area contributed by atoms with Gasteiger partial charge in [-0.1, -0.05) is 18.6 Å². The fourth-order valence-electron chi connectivity index (χ4n) is 3.73. The lowest BCUT2D eigenvalue weighted by molar-refractivity contribution is -0.149. The van der Waals surface area contributed by atoms with Crippen molar-refractivity contribution < 1.29 is 38.8 Å². The Kier molecular flexibility index (Phi) is 8.80. The third kappa shape index (κ3) is 6.27. The maximum absolute atomic E-state index is 12.7. The number of ether oxygens (including phenoxy) is 3. The van der Waals surface area contributed by atoms with Gasteiger partial charge < -0.3 is 24.4 Å². The van der Waals surface area contributed by atoms with Crippen LogP contribution >= 0.6 is 0 Å². The molecule has 0 saturated carbocycles. The molecule has 166 valence electrons. The van der Waals surface area contributed by atoms with Crippen LogP contribution in [0.2, 0.25) is 0 Å². The Labute approximate surface area is 176 Å². The highest BCUT2D eigenvalue weighted by molar-refractivity contribution is 5.89. The van der Waals surface area contributed by atoms with Gasteiger partial charge in [0.25, 0.3) is 0 Å². The Morgan fingerprint density at radius 3 is 2.70 bits per heavy atom. The predicted molar refractivity (Wildman–Crippen MR) is 107 cm³/mol. The second-order valence-corrected chi connectivity index (χ2v) is 7.68. The summed E-state index contributed by atoms with van der Waals surface area (Å²) in [6.45, 7) is 4.03. The number of hydrogen-bond donors (Lipinski definition) is 2. The zero-order valence-corrected chi connectivity index (χ0v) is 17.6. The molecule has 0 aromatic rings. The third-order valence-corrected chi connectivity index (χ3v) is 5.40. The van der Waals surface area contributed by atoms with Crippen LogP contribution in [0.3, 0.4) is 0 Å². The second-order valence-electron chi connectivity index (χ2n) is 7.68. The summed E-state index contributed by atoms with van der Waals surface area (Å²) >= 11 is 0. The van der Waals surface area contributed by atoms with Crippen LogP contribution in [0.5, 0.6) is 0 Å². The van der Waals surface area contributed by atoms with Crippen molar-refractivity contribution >= 4 is 17.9 Å². The normalized spacial score (nSPS) is 30.8. The van der Waals surface area contributed by atoms with Crippen molar-refractivity contribution in [1.82, 2.24) is 0 Å². The first-order valence-corrected chi connectivity index (χ1v) is 10.1. The largest absolute Gasteiger partial charge is 0.462 e. The average Bonchev–Trinajstić information content (AvgIpc) is 2.96. The van der Waals surface area contributed by atoms with Crippen molar-refractivity contribution in [2.75, 3.05) is 19.8 Å². The van der Waals surface area contributed by atoms with Crippen molar-refractivity contribution in [2.45, 2.75) is 52.2 Å². The first-order valence-electron chi connectivity index (χ1n) is 10.1. The number of carbonyl (C=O) groups excluding carboxylic acids is 3. The molecule has 0 bridgehead atoms. The highest BCUT2D eigenvalue weighted by Gasteiger charge is 2.47. The van der Waals surface area contributed by atoms with E-state index in [1.54, 1.807) is 13.0 Å². The zero-order chi connectivity index (χ0) is 22.3. The molecule has 1 saturated heterocycles. The van der Waals surface area contributed by atoms with Crippen LogP contribution in [0.1, 0.15) is 40.0 Å². The Hall–Kier alpha value is -2.45. The quantitative estimate of drug-likeness (QED) is 0.287. The molecule has 1 heterocycles. The molecule has 0 radical (unpaired) electrons. The van der Waals surface area contributed by atoms with E-state index in [9.17, 15) is 24.6 Å². The number of aliphatic hydroxyl groups is 2. The molecule has 0 aromatic carbocycles. The van der Waals surface area contributed by atoms with E-state index in [-0.39, 0.29) is 24.8 Å². The highest BCUT2D eigenvalue weighted by atomic mass is 16.6. The number of esters is 3. The first-order chi connectivity index (χ1) is 14.3. The first kappa shape index (κ1) is 23.8. The minimum absolute atomic E-state index is 0.0315. The number of allylic oxidation sites excluding steroid dienone is 1. The van der Waals surface area contributed by atoms with Gasteiger partial charge in [0.15, 0.2) is 0 Å². The van der Waals surface area contributed by atoms with Crippen LogP contribution in [0.4, 0.5) is 0 Å². The van der Waals surface area contributed by atoms with E-state index in [0.717, 1.165) is 11.1 Å². The molecule has 4 atom stereocenters. The lowest BCUT2D eigenvalue weighted by Gasteiger charge is -2.29. The van der Waals surface area contributed by atoms with Crippen LogP contribution in [-0.2, 0) is 28.6 Å². The van der Waals surface area contributed by atoms with Gasteiger partial charge in [-0.3, -0.25) is 9.59 Å². The molecule has 0 amide bonds. The summed E-state index contributed by atoms with van der Waals surface area (Å²) in [7, 11) is 0. The molecule has 8 heteroatoms. The number of fused-ring (bicyclic) bond motifs is 1. The zero-order valence-electron chi connectivity index (χ0n) is 17.6. The second kappa shape index (κ2) is 11.1. The summed E-state index contributed by atoms with van der Waals surface area (Å²) in [5.74, 6) is -2.56. The number of rotatable bonds is 6. The highest BCUT2D eigenvalue weighted by Crippen LogP contribution is 2.37. The van der Waals surface area contributed by atoms with Crippen molar-refractivity contribution in [3.05, 3.63) is 34.9 Å². The predicted octanol–water partition coefficient (Wildman–Crippen LogP) is 1.61. The Morgan fingerprint density at radius 1 is 1.33 bits per heavy atom. The molecule has 1 aliphatic heterocycles. The van der Waals surface area contributed by atoms with Gasteiger partial charge in [-0.15, -0.1) is 0 Å². The molecular weight excluding hydrogens is 392 g/mol. The fourth-order valence-corrected chi connectivity index (χ4v) is 3.73. The lowest BCUT2D eigenvalue weighted by Crippen LogP contribution is -2.36. The van der Waals surface area contributed by atoms with Crippen molar-refractivity contribution in [2.24, 2.45) is 11.8 Å². The minimum Gasteiger partial charge on any atom is -0.462 e. The molecule has 0 aromatic heterocycles. The van der Waals surface area contributed by atoms with E-state index in [2.05, 4.69) is 0 Å². The Bertz CT molecular complexity index is 748. The van der Waals surface area contributed by atoms with Gasteiger partial charge in [0, 0.05) is 13.3 Å². The number of hydrogen-bond acceptors (Lipinski definition) is 8. The lowest BCUT2D eigenvalue weighted by atomic mass is 9.82. The summed E-state index contributed by atoms with van der Waals surface area (Å²) in [4.78, 5) is 35.9. The summed E-state index contributed by atoms with van der Waals surface area (Å²) in [5.41, 5.74) is 1.72. The topological polar surface area (TPSA) is 119 Å². The van der Waals surface area contributed by atoms with Gasteiger partial charge in [-0.2, -0.15) is 0 Å². The number of carbonyl (C=O) groups is 3. The molecule has 2 rings (SSSR count). The molecule has 1 fully saturated rings. The SMILES string of the molecule is CC(=O)OC/C=C(/CO)C(=O)O[C@H]1C/C(C)=C/CC/C(CO)=C/[C@H]2OC(=O)[C@H](C)[C@H]12.